The minimum absolute atomic E-state index is 0.174. The summed E-state index contributed by atoms with van der Waals surface area (Å²) in [6.07, 6.45) is 4.33. The molecule has 1 aliphatic carbocycles. The van der Waals surface area contributed by atoms with Crippen LogP contribution in [0.15, 0.2) is 18.3 Å². The molecular formula is C17H26N2O3. The Kier molecular flexibility index (Phi) is 5.27. The highest BCUT2D eigenvalue weighted by atomic mass is 16.5. The third-order valence-electron chi connectivity index (χ3n) is 4.84. The van der Waals surface area contributed by atoms with Crippen LogP contribution in [-0.4, -0.2) is 28.6 Å². The molecule has 2 rings (SSSR count). The molecule has 0 radical (unpaired) electrons. The summed E-state index contributed by atoms with van der Waals surface area (Å²) in [5.74, 6) is 0.377. The van der Waals surface area contributed by atoms with E-state index in [0.29, 0.717) is 17.5 Å². The molecule has 1 aromatic rings. The van der Waals surface area contributed by atoms with E-state index in [1.165, 1.54) is 6.42 Å². The summed E-state index contributed by atoms with van der Waals surface area (Å²) in [6.45, 7) is 6.02. The Hall–Kier alpha value is -1.78. The van der Waals surface area contributed by atoms with Gasteiger partial charge in [0.15, 0.2) is 6.10 Å². The van der Waals surface area contributed by atoms with Crippen molar-refractivity contribution >= 4 is 11.9 Å². The van der Waals surface area contributed by atoms with Gasteiger partial charge in [0, 0.05) is 19.3 Å². The zero-order valence-electron chi connectivity index (χ0n) is 13.8. The van der Waals surface area contributed by atoms with Gasteiger partial charge in [-0.05, 0) is 37.3 Å². The summed E-state index contributed by atoms with van der Waals surface area (Å²) >= 11 is 0. The normalized spacial score (nSPS) is 26.3. The fourth-order valence-electron chi connectivity index (χ4n) is 3.03. The first kappa shape index (κ1) is 16.6. The topological polar surface area (TPSA) is 60.3 Å². The van der Waals surface area contributed by atoms with E-state index < -0.39 is 12.1 Å². The molecule has 1 fully saturated rings. The van der Waals surface area contributed by atoms with Gasteiger partial charge in [0.2, 0.25) is 0 Å². The van der Waals surface area contributed by atoms with Crippen molar-refractivity contribution in [1.29, 1.82) is 0 Å². The number of hydrogen-bond donors (Lipinski definition) is 1. The van der Waals surface area contributed by atoms with Crippen molar-refractivity contribution in [2.45, 2.75) is 52.2 Å². The molecule has 4 atom stereocenters. The maximum absolute atomic E-state index is 12.3. The molecule has 1 aromatic heterocycles. The molecule has 0 aromatic carbocycles. The van der Waals surface area contributed by atoms with E-state index in [2.05, 4.69) is 19.2 Å². The highest BCUT2D eigenvalue weighted by Crippen LogP contribution is 2.29. The Bertz CT molecular complexity index is 538. The average molecular weight is 306 g/mol. The van der Waals surface area contributed by atoms with Crippen molar-refractivity contribution in [3.63, 3.8) is 0 Å². The summed E-state index contributed by atoms with van der Waals surface area (Å²) < 4.78 is 6.95. The van der Waals surface area contributed by atoms with Crippen LogP contribution in [0.2, 0.25) is 0 Å². The van der Waals surface area contributed by atoms with Crippen LogP contribution in [0.3, 0.4) is 0 Å². The van der Waals surface area contributed by atoms with Crippen LogP contribution in [0.25, 0.3) is 0 Å². The van der Waals surface area contributed by atoms with E-state index in [0.717, 1.165) is 12.8 Å². The number of aromatic nitrogens is 1. The van der Waals surface area contributed by atoms with Gasteiger partial charge in [-0.1, -0.05) is 26.7 Å². The molecule has 0 bridgehead atoms. The number of carbonyl (C=O) groups is 2. The second-order valence-electron chi connectivity index (χ2n) is 6.43. The number of nitrogens with one attached hydrogen (secondary N) is 1. The van der Waals surface area contributed by atoms with Crippen molar-refractivity contribution in [2.24, 2.45) is 18.9 Å². The van der Waals surface area contributed by atoms with Crippen LogP contribution < -0.4 is 5.32 Å². The summed E-state index contributed by atoms with van der Waals surface area (Å²) in [5.41, 5.74) is 0.444. The standard InChI is InChI=1S/C17H26N2O3/c1-11-7-5-8-14(12(11)2)18-16(20)13(3)22-17(21)15-9-6-10-19(15)4/h6,9-14H,5,7-8H2,1-4H3,(H,18,20)/t11-,12-,13-,14+/m1/s1. The van der Waals surface area contributed by atoms with Gasteiger partial charge in [0.25, 0.3) is 5.91 Å². The lowest BCUT2D eigenvalue weighted by Gasteiger charge is -2.35. The van der Waals surface area contributed by atoms with Crippen LogP contribution in [0, 0.1) is 11.8 Å². The maximum Gasteiger partial charge on any atom is 0.355 e. The van der Waals surface area contributed by atoms with E-state index in [9.17, 15) is 9.59 Å². The number of nitrogens with zero attached hydrogens (tertiary/aromatic N) is 1. The van der Waals surface area contributed by atoms with Crippen LogP contribution >= 0.6 is 0 Å². The Balaban J connectivity index is 1.89. The van der Waals surface area contributed by atoms with Crippen molar-refractivity contribution in [1.82, 2.24) is 9.88 Å². The fourth-order valence-corrected chi connectivity index (χ4v) is 3.03. The van der Waals surface area contributed by atoms with E-state index in [1.54, 1.807) is 36.9 Å². The number of aryl methyl sites for hydroxylation is 1. The monoisotopic (exact) mass is 306 g/mol. The SMILES string of the molecule is C[C@@H]1[C@H](C)CCC[C@@H]1NC(=O)[C@@H](C)OC(=O)c1cccn1C. The first-order chi connectivity index (χ1) is 10.4. The maximum atomic E-state index is 12.3. The quantitative estimate of drug-likeness (QED) is 0.870. The zero-order valence-corrected chi connectivity index (χ0v) is 13.8. The van der Waals surface area contributed by atoms with Crippen molar-refractivity contribution in [2.75, 3.05) is 0 Å². The molecule has 0 unspecified atom stereocenters. The van der Waals surface area contributed by atoms with Crippen molar-refractivity contribution in [3.8, 4) is 0 Å². The van der Waals surface area contributed by atoms with Crippen molar-refractivity contribution in [3.05, 3.63) is 24.0 Å². The molecule has 5 heteroatoms. The molecule has 22 heavy (non-hydrogen) atoms. The number of hydrogen-bond acceptors (Lipinski definition) is 3. The molecule has 1 aliphatic rings. The van der Waals surface area contributed by atoms with Gasteiger partial charge in [-0.3, -0.25) is 4.79 Å². The third kappa shape index (κ3) is 3.70. The summed E-state index contributed by atoms with van der Waals surface area (Å²) in [7, 11) is 1.77. The fraction of sp³-hybridized carbons (Fsp3) is 0.647. The van der Waals surface area contributed by atoms with E-state index in [1.807, 2.05) is 0 Å². The highest BCUT2D eigenvalue weighted by Gasteiger charge is 2.30. The number of ether oxygens (including phenoxy) is 1. The second-order valence-corrected chi connectivity index (χ2v) is 6.43. The first-order valence-electron chi connectivity index (χ1n) is 8.03. The number of amides is 1. The molecule has 122 valence electrons. The minimum Gasteiger partial charge on any atom is -0.448 e. The zero-order chi connectivity index (χ0) is 16.3. The largest absolute Gasteiger partial charge is 0.448 e. The van der Waals surface area contributed by atoms with Gasteiger partial charge < -0.3 is 14.6 Å². The molecule has 1 heterocycles. The Morgan fingerprint density at radius 2 is 2.09 bits per heavy atom. The number of rotatable bonds is 4. The molecule has 1 saturated carbocycles. The lowest BCUT2D eigenvalue weighted by molar-refractivity contribution is -0.130. The Labute approximate surface area is 132 Å². The number of carbonyl (C=O) groups excluding carboxylic acids is 2. The third-order valence-corrected chi connectivity index (χ3v) is 4.84. The molecule has 1 amide bonds. The van der Waals surface area contributed by atoms with E-state index >= 15 is 0 Å². The predicted molar refractivity (Wildman–Crippen MR) is 84.4 cm³/mol. The van der Waals surface area contributed by atoms with Gasteiger partial charge in [-0.2, -0.15) is 0 Å². The second kappa shape index (κ2) is 6.99. The first-order valence-corrected chi connectivity index (χ1v) is 8.03. The Morgan fingerprint density at radius 3 is 2.73 bits per heavy atom. The molecule has 5 nitrogen and oxygen atoms in total. The lowest BCUT2D eigenvalue weighted by atomic mass is 9.78. The Morgan fingerprint density at radius 1 is 1.36 bits per heavy atom. The molecule has 0 spiro atoms. The van der Waals surface area contributed by atoms with Crippen LogP contribution in [0.5, 0.6) is 0 Å². The summed E-state index contributed by atoms with van der Waals surface area (Å²) in [6, 6.07) is 3.62. The number of esters is 1. The van der Waals surface area contributed by atoms with E-state index in [4.69, 9.17) is 4.74 Å². The molecule has 0 saturated heterocycles. The summed E-state index contributed by atoms with van der Waals surface area (Å²) in [5, 5.41) is 3.04. The lowest BCUT2D eigenvalue weighted by Crippen LogP contribution is -2.47. The average Bonchev–Trinajstić information content (AvgIpc) is 2.90. The smallest absolute Gasteiger partial charge is 0.355 e. The molecule has 0 aliphatic heterocycles. The van der Waals surface area contributed by atoms with Gasteiger partial charge in [0.05, 0.1) is 0 Å². The molecule has 1 N–H and O–H groups in total. The highest BCUT2D eigenvalue weighted by molar-refractivity contribution is 5.91. The van der Waals surface area contributed by atoms with Crippen LogP contribution in [-0.2, 0) is 16.6 Å². The van der Waals surface area contributed by atoms with Gasteiger partial charge >= 0.3 is 5.97 Å². The van der Waals surface area contributed by atoms with E-state index in [-0.39, 0.29) is 11.9 Å². The van der Waals surface area contributed by atoms with Gasteiger partial charge in [-0.25, -0.2) is 4.79 Å². The van der Waals surface area contributed by atoms with Crippen LogP contribution in [0.1, 0.15) is 50.5 Å². The summed E-state index contributed by atoms with van der Waals surface area (Å²) in [4.78, 5) is 24.3. The van der Waals surface area contributed by atoms with Gasteiger partial charge in [0.1, 0.15) is 5.69 Å². The predicted octanol–water partition coefficient (Wildman–Crippen LogP) is 2.51. The molecular weight excluding hydrogens is 280 g/mol. The van der Waals surface area contributed by atoms with Crippen LogP contribution in [0.4, 0.5) is 0 Å². The van der Waals surface area contributed by atoms with Gasteiger partial charge in [-0.15, -0.1) is 0 Å². The minimum atomic E-state index is -0.785. The van der Waals surface area contributed by atoms with Crippen molar-refractivity contribution < 1.29 is 14.3 Å².